The number of hydrogen-bond acceptors (Lipinski definition) is 4. The van der Waals surface area contributed by atoms with E-state index in [0.29, 0.717) is 21.5 Å². The van der Waals surface area contributed by atoms with Crippen LogP contribution in [0.25, 0.3) is 0 Å². The summed E-state index contributed by atoms with van der Waals surface area (Å²) < 4.78 is 0.546. The minimum atomic E-state index is -0.328. The minimum Gasteiger partial charge on any atom is -0.398 e. The average Bonchev–Trinajstić information content (AvgIpc) is 2.35. The summed E-state index contributed by atoms with van der Waals surface area (Å²) in [6, 6.07) is 8.15. The predicted molar refractivity (Wildman–Crippen MR) is 73.5 cm³/mol. The maximum Gasteiger partial charge on any atom is 0.258 e. The number of nitrogens with one attached hydrogen (secondary N) is 1. The van der Waals surface area contributed by atoms with E-state index >= 15 is 0 Å². The van der Waals surface area contributed by atoms with Crippen molar-refractivity contribution >= 4 is 44.9 Å². The molecular formula is C11H8BrClN4O. The van der Waals surface area contributed by atoms with E-state index in [1.54, 1.807) is 30.3 Å². The van der Waals surface area contributed by atoms with Gasteiger partial charge in [0.25, 0.3) is 5.91 Å². The molecule has 0 spiro atoms. The van der Waals surface area contributed by atoms with Crippen LogP contribution in [0.15, 0.2) is 34.8 Å². The first-order valence-corrected chi connectivity index (χ1v) is 6.09. The standard InChI is InChI=1S/C11H8BrClN4O/c12-10-6(2-1-3-7(10)14)11(18)15-9-5-4-8(13)16-17-9/h1-5H,14H2,(H,15,17,18). The number of anilines is 2. The van der Waals surface area contributed by atoms with E-state index in [4.69, 9.17) is 17.3 Å². The molecule has 1 heterocycles. The van der Waals surface area contributed by atoms with Crippen LogP contribution in [0.3, 0.4) is 0 Å². The summed E-state index contributed by atoms with van der Waals surface area (Å²) in [6.45, 7) is 0. The third-order valence-electron chi connectivity index (χ3n) is 2.15. The first-order valence-electron chi connectivity index (χ1n) is 4.92. The number of amides is 1. The number of benzene rings is 1. The van der Waals surface area contributed by atoms with Crippen molar-refractivity contribution in [2.45, 2.75) is 0 Å². The van der Waals surface area contributed by atoms with Gasteiger partial charge in [0.2, 0.25) is 0 Å². The SMILES string of the molecule is Nc1cccc(C(=O)Nc2ccc(Cl)nn2)c1Br. The van der Waals surface area contributed by atoms with Gasteiger partial charge in [0.1, 0.15) is 0 Å². The molecule has 0 unspecified atom stereocenters. The molecule has 0 atom stereocenters. The van der Waals surface area contributed by atoms with Crippen LogP contribution in [-0.4, -0.2) is 16.1 Å². The molecule has 1 aromatic carbocycles. The predicted octanol–water partition coefficient (Wildman–Crippen LogP) is 2.73. The molecule has 0 bridgehead atoms. The molecule has 0 fully saturated rings. The number of aromatic nitrogens is 2. The number of halogens is 2. The number of rotatable bonds is 2. The smallest absolute Gasteiger partial charge is 0.258 e. The van der Waals surface area contributed by atoms with Gasteiger partial charge in [-0.2, -0.15) is 0 Å². The van der Waals surface area contributed by atoms with E-state index in [1.165, 1.54) is 0 Å². The second kappa shape index (κ2) is 5.32. The Morgan fingerprint density at radius 1 is 1.28 bits per heavy atom. The van der Waals surface area contributed by atoms with Crippen LogP contribution in [0, 0.1) is 0 Å². The molecule has 18 heavy (non-hydrogen) atoms. The van der Waals surface area contributed by atoms with Crippen molar-refractivity contribution < 1.29 is 4.79 Å². The van der Waals surface area contributed by atoms with E-state index in [0.717, 1.165) is 0 Å². The lowest BCUT2D eigenvalue weighted by atomic mass is 10.2. The molecule has 0 saturated carbocycles. The maximum atomic E-state index is 12.0. The van der Waals surface area contributed by atoms with Crippen LogP contribution in [0.5, 0.6) is 0 Å². The lowest BCUT2D eigenvalue weighted by Gasteiger charge is -2.07. The lowest BCUT2D eigenvalue weighted by Crippen LogP contribution is -2.14. The average molecular weight is 328 g/mol. The minimum absolute atomic E-state index is 0.262. The summed E-state index contributed by atoms with van der Waals surface area (Å²) in [5.41, 5.74) is 6.61. The highest BCUT2D eigenvalue weighted by Gasteiger charge is 2.12. The second-order valence-electron chi connectivity index (χ2n) is 3.40. The molecule has 5 nitrogen and oxygen atoms in total. The van der Waals surface area contributed by atoms with Gasteiger partial charge < -0.3 is 11.1 Å². The largest absolute Gasteiger partial charge is 0.398 e. The number of nitrogen functional groups attached to an aromatic ring is 1. The number of carbonyl (C=O) groups is 1. The third-order valence-corrected chi connectivity index (χ3v) is 3.23. The number of hydrogen-bond donors (Lipinski definition) is 2. The molecule has 1 amide bonds. The van der Waals surface area contributed by atoms with E-state index in [-0.39, 0.29) is 11.1 Å². The Kier molecular flexibility index (Phi) is 3.78. The fourth-order valence-corrected chi connectivity index (χ4v) is 1.84. The highest BCUT2D eigenvalue weighted by atomic mass is 79.9. The van der Waals surface area contributed by atoms with Crippen LogP contribution in [-0.2, 0) is 0 Å². The summed E-state index contributed by atoms with van der Waals surface area (Å²) in [4.78, 5) is 12.0. The van der Waals surface area contributed by atoms with Gasteiger partial charge in [0, 0.05) is 5.69 Å². The van der Waals surface area contributed by atoms with Gasteiger partial charge >= 0.3 is 0 Å². The third kappa shape index (κ3) is 2.77. The van der Waals surface area contributed by atoms with Crippen molar-refractivity contribution in [1.82, 2.24) is 10.2 Å². The summed E-state index contributed by atoms with van der Waals surface area (Å²) in [6.07, 6.45) is 0. The summed E-state index contributed by atoms with van der Waals surface area (Å²) in [5.74, 6) is -0.00970. The number of nitrogens with zero attached hydrogens (tertiary/aromatic N) is 2. The van der Waals surface area contributed by atoms with Crippen molar-refractivity contribution in [3.8, 4) is 0 Å². The van der Waals surface area contributed by atoms with Crippen molar-refractivity contribution in [3.63, 3.8) is 0 Å². The van der Waals surface area contributed by atoms with Crippen LogP contribution in [0.1, 0.15) is 10.4 Å². The van der Waals surface area contributed by atoms with Gasteiger partial charge in [-0.05, 0) is 40.2 Å². The fraction of sp³-hybridized carbons (Fsp3) is 0. The van der Waals surface area contributed by atoms with Gasteiger partial charge in [-0.25, -0.2) is 0 Å². The Morgan fingerprint density at radius 2 is 2.06 bits per heavy atom. The molecule has 3 N–H and O–H groups in total. The Bertz CT molecular complexity index is 588. The molecule has 1 aromatic heterocycles. The number of nitrogens with two attached hydrogens (primary N) is 1. The Balaban J connectivity index is 2.22. The molecule has 2 aromatic rings. The van der Waals surface area contributed by atoms with Gasteiger partial charge in [0.15, 0.2) is 11.0 Å². The van der Waals surface area contributed by atoms with Gasteiger partial charge in [0.05, 0.1) is 10.0 Å². The first-order chi connectivity index (χ1) is 8.58. The maximum absolute atomic E-state index is 12.0. The second-order valence-corrected chi connectivity index (χ2v) is 4.58. The van der Waals surface area contributed by atoms with Crippen molar-refractivity contribution in [2.75, 3.05) is 11.1 Å². The zero-order chi connectivity index (χ0) is 13.1. The van der Waals surface area contributed by atoms with E-state index in [2.05, 4.69) is 31.4 Å². The molecular weight excluding hydrogens is 320 g/mol. The summed E-state index contributed by atoms with van der Waals surface area (Å²) in [7, 11) is 0. The highest BCUT2D eigenvalue weighted by Crippen LogP contribution is 2.24. The van der Waals surface area contributed by atoms with E-state index < -0.39 is 0 Å². The number of carbonyl (C=O) groups excluding carboxylic acids is 1. The van der Waals surface area contributed by atoms with Gasteiger partial charge in [-0.1, -0.05) is 17.7 Å². The quantitative estimate of drug-likeness (QED) is 0.831. The monoisotopic (exact) mass is 326 g/mol. The molecule has 0 saturated heterocycles. The summed E-state index contributed by atoms with van der Waals surface area (Å²) >= 11 is 8.86. The van der Waals surface area contributed by atoms with Crippen LogP contribution in [0.2, 0.25) is 5.15 Å². The first kappa shape index (κ1) is 12.8. The van der Waals surface area contributed by atoms with E-state index in [9.17, 15) is 4.79 Å². The zero-order valence-corrected chi connectivity index (χ0v) is 11.4. The van der Waals surface area contributed by atoms with Crippen molar-refractivity contribution in [2.24, 2.45) is 0 Å². The molecule has 0 aliphatic carbocycles. The van der Waals surface area contributed by atoms with Crippen LogP contribution in [0.4, 0.5) is 11.5 Å². The Hall–Kier alpha value is -1.66. The lowest BCUT2D eigenvalue weighted by molar-refractivity contribution is 0.102. The molecule has 2 rings (SSSR count). The Morgan fingerprint density at radius 3 is 2.72 bits per heavy atom. The van der Waals surface area contributed by atoms with Crippen molar-refractivity contribution in [3.05, 3.63) is 45.5 Å². The molecule has 0 radical (unpaired) electrons. The summed E-state index contributed by atoms with van der Waals surface area (Å²) in [5, 5.41) is 10.2. The van der Waals surface area contributed by atoms with Gasteiger partial charge in [-0.15, -0.1) is 10.2 Å². The molecule has 7 heteroatoms. The van der Waals surface area contributed by atoms with Crippen LogP contribution >= 0.6 is 27.5 Å². The zero-order valence-electron chi connectivity index (χ0n) is 9.02. The Labute approximate surface area is 116 Å². The molecule has 0 aliphatic heterocycles. The fourth-order valence-electron chi connectivity index (χ4n) is 1.29. The molecule has 92 valence electrons. The van der Waals surface area contributed by atoms with Crippen molar-refractivity contribution in [1.29, 1.82) is 0 Å². The van der Waals surface area contributed by atoms with E-state index in [1.807, 2.05) is 0 Å². The van der Waals surface area contributed by atoms with Crippen LogP contribution < -0.4 is 11.1 Å². The normalized spacial score (nSPS) is 10.1. The van der Waals surface area contributed by atoms with Gasteiger partial charge in [-0.3, -0.25) is 4.79 Å². The highest BCUT2D eigenvalue weighted by molar-refractivity contribution is 9.10. The molecule has 0 aliphatic rings. The topological polar surface area (TPSA) is 80.9 Å².